The number of hydrogen-bond donors (Lipinski definition) is 0. The third kappa shape index (κ3) is 3.03. The van der Waals surface area contributed by atoms with Gasteiger partial charge in [-0.05, 0) is 24.3 Å². The predicted molar refractivity (Wildman–Crippen MR) is 56.7 cm³/mol. The molecular weight excluding hydrogens is 249 g/mol. The van der Waals surface area contributed by atoms with Crippen LogP contribution in [-0.4, -0.2) is 18.8 Å². The lowest BCUT2D eigenvalue weighted by molar-refractivity contribution is -0.125. The molecule has 18 heavy (non-hydrogen) atoms. The molecule has 0 saturated heterocycles. The fourth-order valence-corrected chi connectivity index (χ4v) is 1.45. The summed E-state index contributed by atoms with van der Waals surface area (Å²) >= 11 is 0. The Bertz CT molecular complexity index is 492. The van der Waals surface area contributed by atoms with Crippen molar-refractivity contribution >= 4 is 5.78 Å². The van der Waals surface area contributed by atoms with E-state index in [0.29, 0.717) is 11.5 Å². The van der Waals surface area contributed by atoms with Gasteiger partial charge in [-0.15, -0.1) is 0 Å². The van der Waals surface area contributed by atoms with Gasteiger partial charge in [-0.3, -0.25) is 4.79 Å². The van der Waals surface area contributed by atoms with Crippen LogP contribution in [0.2, 0.25) is 0 Å². The molecule has 0 radical (unpaired) electrons. The molecule has 1 aliphatic rings. The zero-order chi connectivity index (χ0) is 13.2. The summed E-state index contributed by atoms with van der Waals surface area (Å²) in [6.45, 7) is 0.0802. The highest BCUT2D eigenvalue weighted by molar-refractivity contribution is 6.04. The van der Waals surface area contributed by atoms with Crippen LogP contribution in [0.1, 0.15) is 16.8 Å². The first-order valence-electron chi connectivity index (χ1n) is 5.13. The number of carbonyl (C=O) groups is 1. The molecule has 2 rings (SSSR count). The van der Waals surface area contributed by atoms with E-state index in [1.165, 1.54) is 12.1 Å². The van der Waals surface area contributed by atoms with Crippen LogP contribution in [-0.2, 0) is 0 Å². The average molecular weight is 258 g/mol. The van der Waals surface area contributed by atoms with Gasteiger partial charge in [0, 0.05) is 5.56 Å². The number of fused-ring (bicyclic) bond motifs is 1. The van der Waals surface area contributed by atoms with Gasteiger partial charge in [0.2, 0.25) is 6.79 Å². The number of hydrogen-bond acceptors (Lipinski definition) is 3. The predicted octanol–water partition coefficient (Wildman–Crippen LogP) is 3.11. The maximum absolute atomic E-state index is 11.9. The van der Waals surface area contributed by atoms with Crippen molar-refractivity contribution in [3.05, 3.63) is 35.9 Å². The number of allylic oxidation sites excluding steroid dienone is 2. The molecular formula is C12H9F3O3. The molecule has 0 unspecified atom stereocenters. The Morgan fingerprint density at radius 1 is 1.28 bits per heavy atom. The molecule has 0 aromatic heterocycles. The monoisotopic (exact) mass is 258 g/mol. The van der Waals surface area contributed by atoms with Crippen molar-refractivity contribution in [2.24, 2.45) is 0 Å². The number of carbonyl (C=O) groups excluding carboxylic acids is 1. The minimum atomic E-state index is -4.30. The molecule has 96 valence electrons. The first-order valence-corrected chi connectivity index (χ1v) is 5.13. The van der Waals surface area contributed by atoms with Crippen LogP contribution in [0.4, 0.5) is 13.2 Å². The van der Waals surface area contributed by atoms with E-state index in [-0.39, 0.29) is 12.4 Å². The second-order valence-electron chi connectivity index (χ2n) is 3.65. The molecule has 1 aliphatic heterocycles. The van der Waals surface area contributed by atoms with Gasteiger partial charge in [-0.25, -0.2) is 0 Å². The Morgan fingerprint density at radius 3 is 2.72 bits per heavy atom. The second-order valence-corrected chi connectivity index (χ2v) is 3.65. The van der Waals surface area contributed by atoms with Gasteiger partial charge in [0.05, 0.1) is 6.42 Å². The number of ketones is 1. The Hall–Kier alpha value is -1.98. The van der Waals surface area contributed by atoms with E-state index in [1.807, 2.05) is 0 Å². The molecule has 1 aromatic rings. The first-order chi connectivity index (χ1) is 8.46. The molecule has 0 bridgehead atoms. The standard InChI is InChI=1S/C12H9F3O3/c13-12(14,15)5-1-2-9(16)8-3-4-10-11(6-8)18-7-17-10/h1-4,6H,5,7H2/b2-1+. The average Bonchev–Trinajstić information content (AvgIpc) is 2.73. The van der Waals surface area contributed by atoms with Gasteiger partial charge in [0.15, 0.2) is 17.3 Å². The van der Waals surface area contributed by atoms with Crippen molar-refractivity contribution in [2.75, 3.05) is 6.79 Å². The number of halogens is 3. The van der Waals surface area contributed by atoms with E-state index in [4.69, 9.17) is 9.47 Å². The maximum atomic E-state index is 11.9. The molecule has 1 heterocycles. The minimum Gasteiger partial charge on any atom is -0.454 e. The van der Waals surface area contributed by atoms with Crippen LogP contribution in [0.3, 0.4) is 0 Å². The largest absolute Gasteiger partial charge is 0.454 e. The molecule has 0 atom stereocenters. The fraction of sp³-hybridized carbons (Fsp3) is 0.250. The summed E-state index contributed by atoms with van der Waals surface area (Å²) in [6, 6.07) is 4.48. The lowest BCUT2D eigenvalue weighted by Crippen LogP contribution is -2.04. The van der Waals surface area contributed by atoms with Gasteiger partial charge in [-0.1, -0.05) is 6.08 Å². The lowest BCUT2D eigenvalue weighted by Gasteiger charge is -2.01. The van der Waals surface area contributed by atoms with Gasteiger partial charge in [0.1, 0.15) is 0 Å². The molecule has 0 fully saturated rings. The highest BCUT2D eigenvalue weighted by Gasteiger charge is 2.24. The Balaban J connectivity index is 2.05. The molecule has 0 spiro atoms. The summed E-state index contributed by atoms with van der Waals surface area (Å²) in [7, 11) is 0. The van der Waals surface area contributed by atoms with Crippen LogP contribution in [0.25, 0.3) is 0 Å². The van der Waals surface area contributed by atoms with Crippen LogP contribution >= 0.6 is 0 Å². The van der Waals surface area contributed by atoms with Crippen LogP contribution in [0.15, 0.2) is 30.4 Å². The van der Waals surface area contributed by atoms with Crippen molar-refractivity contribution < 1.29 is 27.4 Å². The molecule has 6 heteroatoms. The number of alkyl halides is 3. The van der Waals surface area contributed by atoms with Gasteiger partial charge >= 0.3 is 6.18 Å². The summed E-state index contributed by atoms with van der Waals surface area (Å²) in [5.74, 6) is 0.438. The van der Waals surface area contributed by atoms with E-state index in [1.54, 1.807) is 6.07 Å². The summed E-state index contributed by atoms with van der Waals surface area (Å²) in [5.41, 5.74) is 0.262. The summed E-state index contributed by atoms with van der Waals surface area (Å²) in [5, 5.41) is 0. The molecule has 1 aromatic carbocycles. The SMILES string of the molecule is O=C(/C=C/CC(F)(F)F)c1ccc2c(c1)OCO2. The quantitative estimate of drug-likeness (QED) is 0.617. The Labute approximate surface area is 101 Å². The zero-order valence-corrected chi connectivity index (χ0v) is 9.16. The number of benzene rings is 1. The lowest BCUT2D eigenvalue weighted by atomic mass is 10.1. The van der Waals surface area contributed by atoms with Crippen molar-refractivity contribution in [3.8, 4) is 11.5 Å². The van der Waals surface area contributed by atoms with Crippen molar-refractivity contribution in [3.63, 3.8) is 0 Å². The van der Waals surface area contributed by atoms with Crippen molar-refractivity contribution in [1.82, 2.24) is 0 Å². The molecule has 0 aliphatic carbocycles. The first kappa shape index (κ1) is 12.5. The minimum absolute atomic E-state index is 0.0802. The van der Waals surface area contributed by atoms with Gasteiger partial charge < -0.3 is 9.47 Å². The van der Waals surface area contributed by atoms with Crippen LogP contribution in [0, 0.1) is 0 Å². The van der Waals surface area contributed by atoms with Crippen molar-refractivity contribution in [1.29, 1.82) is 0 Å². The molecule has 0 saturated carbocycles. The van der Waals surface area contributed by atoms with E-state index in [2.05, 4.69) is 0 Å². The highest BCUT2D eigenvalue weighted by atomic mass is 19.4. The van der Waals surface area contributed by atoms with Gasteiger partial charge in [-0.2, -0.15) is 13.2 Å². The van der Waals surface area contributed by atoms with Crippen molar-refractivity contribution in [2.45, 2.75) is 12.6 Å². The van der Waals surface area contributed by atoms with E-state index >= 15 is 0 Å². The zero-order valence-electron chi connectivity index (χ0n) is 9.16. The van der Waals surface area contributed by atoms with E-state index < -0.39 is 18.4 Å². The fourth-order valence-electron chi connectivity index (χ4n) is 1.45. The van der Waals surface area contributed by atoms with E-state index in [9.17, 15) is 18.0 Å². The van der Waals surface area contributed by atoms with E-state index in [0.717, 1.165) is 12.2 Å². The Morgan fingerprint density at radius 2 is 2.00 bits per heavy atom. The Kier molecular flexibility index (Phi) is 3.27. The third-order valence-corrected chi connectivity index (χ3v) is 2.28. The molecule has 0 amide bonds. The highest BCUT2D eigenvalue weighted by Crippen LogP contribution is 2.32. The maximum Gasteiger partial charge on any atom is 0.392 e. The number of ether oxygens (including phenoxy) is 2. The second kappa shape index (κ2) is 4.72. The summed E-state index contributed by atoms with van der Waals surface area (Å²) in [6.07, 6.45) is -3.72. The van der Waals surface area contributed by atoms with Crippen LogP contribution in [0.5, 0.6) is 11.5 Å². The normalized spacial score (nSPS) is 14.2. The molecule has 0 N–H and O–H groups in total. The summed E-state index contributed by atoms with van der Waals surface area (Å²) in [4.78, 5) is 11.6. The number of rotatable bonds is 3. The third-order valence-electron chi connectivity index (χ3n) is 2.28. The molecule has 3 nitrogen and oxygen atoms in total. The van der Waals surface area contributed by atoms with Crippen LogP contribution < -0.4 is 9.47 Å². The smallest absolute Gasteiger partial charge is 0.392 e. The topological polar surface area (TPSA) is 35.5 Å². The summed E-state index contributed by atoms with van der Waals surface area (Å²) < 4.78 is 45.8. The van der Waals surface area contributed by atoms with Gasteiger partial charge in [0.25, 0.3) is 0 Å².